The van der Waals surface area contributed by atoms with E-state index in [1.807, 2.05) is 0 Å². The normalized spacial score (nSPS) is 16.4. The van der Waals surface area contributed by atoms with Gasteiger partial charge in [-0.05, 0) is 30.7 Å². The molecule has 0 amide bonds. The van der Waals surface area contributed by atoms with E-state index < -0.39 is 23.6 Å². The number of esters is 3. The summed E-state index contributed by atoms with van der Waals surface area (Å²) in [5.74, 6) is -4.10. The molecule has 0 saturated carbocycles. The van der Waals surface area contributed by atoms with Gasteiger partial charge >= 0.3 is 17.9 Å². The van der Waals surface area contributed by atoms with Gasteiger partial charge < -0.3 is 14.2 Å². The molecule has 1 aromatic rings. The van der Waals surface area contributed by atoms with Crippen LogP contribution in [-0.4, -0.2) is 36.5 Å². The van der Waals surface area contributed by atoms with Crippen LogP contribution in [0.25, 0.3) is 0 Å². The second-order valence-corrected chi connectivity index (χ2v) is 7.31. The third-order valence-corrected chi connectivity index (χ3v) is 5.12. The highest BCUT2D eigenvalue weighted by Gasteiger charge is 2.46. The summed E-state index contributed by atoms with van der Waals surface area (Å²) in [5, 5.41) is 0. The third-order valence-electron chi connectivity index (χ3n) is 5.12. The minimum Gasteiger partial charge on any atom is -0.462 e. The first-order valence-corrected chi connectivity index (χ1v) is 10.7. The number of hydrogen-bond donors (Lipinski definition) is 0. The van der Waals surface area contributed by atoms with Gasteiger partial charge in [-0.25, -0.2) is 4.79 Å². The molecular formula is C23H31NO6. The molecule has 0 spiro atoms. The highest BCUT2D eigenvalue weighted by atomic mass is 16.7. The molecule has 1 heterocycles. The topological polar surface area (TPSA) is 91.3 Å². The van der Waals surface area contributed by atoms with Crippen molar-refractivity contribution in [1.29, 1.82) is 0 Å². The number of cyclic esters (lactones) is 2. The Morgan fingerprint density at radius 2 is 1.60 bits per heavy atom. The molecule has 0 N–H and O–H groups in total. The molecule has 1 aliphatic rings. The maximum Gasteiger partial charge on any atom is 0.338 e. The molecule has 0 atom stereocenters. The lowest BCUT2D eigenvalue weighted by atomic mass is 10.1. The molecule has 2 rings (SSSR count). The number of rotatable bonds is 11. The van der Waals surface area contributed by atoms with Crippen LogP contribution in [0.3, 0.4) is 0 Å². The van der Waals surface area contributed by atoms with Crippen LogP contribution in [0.5, 0.6) is 0 Å². The van der Waals surface area contributed by atoms with Crippen LogP contribution in [0.1, 0.15) is 76.1 Å². The van der Waals surface area contributed by atoms with Crippen LogP contribution in [0.15, 0.2) is 29.3 Å². The number of carbonyl (C=O) groups excluding carboxylic acids is 3. The van der Waals surface area contributed by atoms with Crippen LogP contribution in [0, 0.1) is 5.92 Å². The van der Waals surface area contributed by atoms with E-state index in [0.717, 1.165) is 19.3 Å². The molecule has 7 nitrogen and oxygen atoms in total. The average Bonchev–Trinajstić information content (AvgIpc) is 2.75. The van der Waals surface area contributed by atoms with E-state index in [2.05, 4.69) is 11.9 Å². The lowest BCUT2D eigenvalue weighted by Gasteiger charge is -2.36. The molecule has 0 unspecified atom stereocenters. The van der Waals surface area contributed by atoms with Crippen molar-refractivity contribution in [2.75, 3.05) is 6.61 Å². The van der Waals surface area contributed by atoms with Crippen molar-refractivity contribution < 1.29 is 28.6 Å². The first-order valence-electron chi connectivity index (χ1n) is 10.7. The fraction of sp³-hybridized carbons (Fsp3) is 0.565. The van der Waals surface area contributed by atoms with Gasteiger partial charge in [0, 0.05) is 19.1 Å². The summed E-state index contributed by atoms with van der Waals surface area (Å²) in [6, 6.07) is 6.44. The molecule has 0 aromatic heterocycles. The zero-order valence-corrected chi connectivity index (χ0v) is 18.0. The van der Waals surface area contributed by atoms with Crippen molar-refractivity contribution in [2.45, 2.75) is 71.5 Å². The standard InChI is InChI=1S/C23H31NO6/c1-4-7-8-9-10-15-28-20(25)17-11-13-18(14-12-17)24-16-19-21(26)29-23(5-2,6-3)30-22(19)27/h11-14,16,19H,4-10,15H2,1-3H3. The molecule has 7 heteroatoms. The number of ether oxygens (including phenoxy) is 3. The zero-order chi connectivity index (χ0) is 22.0. The van der Waals surface area contributed by atoms with E-state index in [-0.39, 0.29) is 5.97 Å². The average molecular weight is 418 g/mol. The molecule has 0 aliphatic carbocycles. The molecule has 0 bridgehead atoms. The minimum absolute atomic E-state index is 0.379. The number of hydrogen-bond acceptors (Lipinski definition) is 7. The Kier molecular flexibility index (Phi) is 9.02. The third kappa shape index (κ3) is 6.40. The van der Waals surface area contributed by atoms with Gasteiger partial charge in [0.15, 0.2) is 5.92 Å². The predicted molar refractivity (Wildman–Crippen MR) is 113 cm³/mol. The molecule has 164 valence electrons. The van der Waals surface area contributed by atoms with E-state index in [0.29, 0.717) is 30.7 Å². The van der Waals surface area contributed by atoms with E-state index in [9.17, 15) is 14.4 Å². The summed E-state index contributed by atoms with van der Waals surface area (Å²) < 4.78 is 15.9. The summed E-state index contributed by atoms with van der Waals surface area (Å²) in [7, 11) is 0. The number of unbranched alkanes of at least 4 members (excludes halogenated alkanes) is 4. The largest absolute Gasteiger partial charge is 0.462 e. The molecule has 0 radical (unpaired) electrons. The van der Waals surface area contributed by atoms with Crippen molar-refractivity contribution in [2.24, 2.45) is 10.9 Å². The molecule has 1 aromatic carbocycles. The van der Waals surface area contributed by atoms with Crippen LogP contribution in [-0.2, 0) is 23.8 Å². The molecule has 1 fully saturated rings. The number of carbonyl (C=O) groups is 3. The Balaban J connectivity index is 1.88. The van der Waals surface area contributed by atoms with Crippen molar-refractivity contribution in [1.82, 2.24) is 0 Å². The van der Waals surface area contributed by atoms with Gasteiger partial charge in [0.2, 0.25) is 0 Å². The predicted octanol–water partition coefficient (Wildman–Crippen LogP) is 4.75. The maximum atomic E-state index is 12.2. The second-order valence-electron chi connectivity index (χ2n) is 7.31. The smallest absolute Gasteiger partial charge is 0.338 e. The van der Waals surface area contributed by atoms with Crippen LogP contribution < -0.4 is 0 Å². The van der Waals surface area contributed by atoms with Gasteiger partial charge in [0.25, 0.3) is 5.79 Å². The number of benzene rings is 1. The van der Waals surface area contributed by atoms with Gasteiger partial charge in [-0.1, -0.05) is 46.5 Å². The van der Waals surface area contributed by atoms with Crippen molar-refractivity contribution >= 4 is 29.8 Å². The summed E-state index contributed by atoms with van der Waals surface area (Å²) >= 11 is 0. The molecular weight excluding hydrogens is 386 g/mol. The number of nitrogens with zero attached hydrogens (tertiary/aromatic N) is 1. The second kappa shape index (κ2) is 11.5. The lowest BCUT2D eigenvalue weighted by molar-refractivity contribution is -0.250. The van der Waals surface area contributed by atoms with E-state index >= 15 is 0 Å². The monoisotopic (exact) mass is 417 g/mol. The summed E-state index contributed by atoms with van der Waals surface area (Å²) in [6.45, 7) is 6.14. The Morgan fingerprint density at radius 1 is 1.00 bits per heavy atom. The van der Waals surface area contributed by atoms with Gasteiger partial charge in [0.05, 0.1) is 17.9 Å². The maximum absolute atomic E-state index is 12.2. The highest BCUT2D eigenvalue weighted by Crippen LogP contribution is 2.29. The summed E-state index contributed by atoms with van der Waals surface area (Å²) in [5.41, 5.74) is 0.921. The van der Waals surface area contributed by atoms with Gasteiger partial charge in [-0.2, -0.15) is 0 Å². The Morgan fingerprint density at radius 3 is 2.17 bits per heavy atom. The first kappa shape index (κ1) is 23.6. The van der Waals surface area contributed by atoms with Crippen molar-refractivity contribution in [3.8, 4) is 0 Å². The molecule has 1 aliphatic heterocycles. The zero-order valence-electron chi connectivity index (χ0n) is 18.0. The van der Waals surface area contributed by atoms with Crippen molar-refractivity contribution in [3.63, 3.8) is 0 Å². The van der Waals surface area contributed by atoms with Gasteiger partial charge in [-0.15, -0.1) is 0 Å². The van der Waals surface area contributed by atoms with Crippen LogP contribution in [0.2, 0.25) is 0 Å². The molecule has 30 heavy (non-hydrogen) atoms. The Bertz CT molecular complexity index is 731. The van der Waals surface area contributed by atoms with E-state index in [4.69, 9.17) is 14.2 Å². The minimum atomic E-state index is -1.20. The van der Waals surface area contributed by atoms with Crippen LogP contribution >= 0.6 is 0 Å². The van der Waals surface area contributed by atoms with E-state index in [1.54, 1.807) is 38.1 Å². The highest BCUT2D eigenvalue weighted by molar-refractivity contribution is 6.10. The SMILES string of the molecule is CCCCCCCOC(=O)c1ccc(N=CC2C(=O)OC(CC)(CC)OC2=O)cc1. The number of aliphatic imine (C=N–C) groups is 1. The van der Waals surface area contributed by atoms with E-state index in [1.165, 1.54) is 19.1 Å². The fourth-order valence-corrected chi connectivity index (χ4v) is 3.07. The van der Waals surface area contributed by atoms with Gasteiger partial charge in [-0.3, -0.25) is 14.6 Å². The summed E-state index contributed by atoms with van der Waals surface area (Å²) in [6.07, 6.45) is 7.43. The van der Waals surface area contributed by atoms with Crippen molar-refractivity contribution in [3.05, 3.63) is 29.8 Å². The van der Waals surface area contributed by atoms with Crippen LogP contribution in [0.4, 0.5) is 5.69 Å². The Labute approximate surface area is 177 Å². The first-order chi connectivity index (χ1) is 14.4. The summed E-state index contributed by atoms with van der Waals surface area (Å²) in [4.78, 5) is 40.6. The Hall–Kier alpha value is -2.70. The van der Waals surface area contributed by atoms with Gasteiger partial charge in [0.1, 0.15) is 0 Å². The lowest BCUT2D eigenvalue weighted by Crippen LogP contribution is -2.49. The quantitative estimate of drug-likeness (QED) is 0.223. The fourth-order valence-electron chi connectivity index (χ4n) is 3.07. The molecule has 1 saturated heterocycles.